The monoisotopic (exact) mass is 489 g/mol. The van der Waals surface area contributed by atoms with Crippen LogP contribution in [0.5, 0.6) is 5.75 Å². The van der Waals surface area contributed by atoms with Crippen molar-refractivity contribution >= 4 is 5.91 Å². The van der Waals surface area contributed by atoms with Gasteiger partial charge in [-0.2, -0.15) is 13.2 Å². The average Bonchev–Trinajstić information content (AvgIpc) is 2.83. The molecule has 7 nitrogen and oxygen atoms in total. The zero-order chi connectivity index (χ0) is 25.8. The number of carbonyl (C=O) groups is 1. The number of rotatable bonds is 8. The van der Waals surface area contributed by atoms with E-state index in [1.54, 1.807) is 45.2 Å². The van der Waals surface area contributed by atoms with Crippen molar-refractivity contribution in [1.82, 2.24) is 14.9 Å². The molecule has 1 heterocycles. The summed E-state index contributed by atoms with van der Waals surface area (Å²) in [5, 5.41) is 12.2. The van der Waals surface area contributed by atoms with E-state index in [0.29, 0.717) is 11.4 Å². The fourth-order valence-electron chi connectivity index (χ4n) is 3.68. The van der Waals surface area contributed by atoms with Crippen LogP contribution in [0, 0.1) is 6.92 Å². The minimum Gasteiger partial charge on any atom is -0.497 e. The minimum atomic E-state index is -4.51. The second kappa shape index (κ2) is 10.7. The number of methoxy groups -OCH3 is 1. The minimum absolute atomic E-state index is 0.0365. The summed E-state index contributed by atoms with van der Waals surface area (Å²) in [4.78, 5) is 30.5. The molecule has 1 amide bonds. The molecular formula is C25H26F3N3O4. The molecule has 0 aliphatic rings. The number of aryl methyl sites for hydroxylation is 1. The third-order valence-electron chi connectivity index (χ3n) is 5.60. The zero-order valence-corrected chi connectivity index (χ0v) is 19.5. The van der Waals surface area contributed by atoms with Crippen molar-refractivity contribution in [2.45, 2.75) is 39.0 Å². The van der Waals surface area contributed by atoms with Crippen LogP contribution in [-0.2, 0) is 23.9 Å². The van der Waals surface area contributed by atoms with Crippen LogP contribution in [0.2, 0.25) is 0 Å². The van der Waals surface area contributed by atoms with Gasteiger partial charge in [-0.15, -0.1) is 0 Å². The predicted molar refractivity (Wildman–Crippen MR) is 124 cm³/mol. The maximum absolute atomic E-state index is 13.2. The van der Waals surface area contributed by atoms with Crippen molar-refractivity contribution in [2.75, 3.05) is 13.7 Å². The summed E-state index contributed by atoms with van der Waals surface area (Å²) in [6.45, 7) is 2.67. The Labute approximate surface area is 200 Å². The third kappa shape index (κ3) is 6.07. The summed E-state index contributed by atoms with van der Waals surface area (Å²) in [6, 6.07) is 11.0. The van der Waals surface area contributed by atoms with Gasteiger partial charge in [0, 0.05) is 29.8 Å². The molecule has 0 radical (unpaired) electrons. The summed E-state index contributed by atoms with van der Waals surface area (Å²) in [5.74, 6) is 0.251. The van der Waals surface area contributed by atoms with Gasteiger partial charge >= 0.3 is 6.18 Å². The molecule has 0 fully saturated rings. The smallest absolute Gasteiger partial charge is 0.416 e. The maximum Gasteiger partial charge on any atom is 0.416 e. The van der Waals surface area contributed by atoms with Gasteiger partial charge in [0.25, 0.3) is 5.56 Å². The largest absolute Gasteiger partial charge is 0.497 e. The van der Waals surface area contributed by atoms with Gasteiger partial charge in [-0.05, 0) is 43.7 Å². The van der Waals surface area contributed by atoms with Gasteiger partial charge < -0.3 is 15.2 Å². The van der Waals surface area contributed by atoms with Crippen LogP contribution in [-0.4, -0.2) is 34.3 Å². The molecule has 0 saturated heterocycles. The van der Waals surface area contributed by atoms with E-state index in [1.807, 2.05) is 0 Å². The van der Waals surface area contributed by atoms with Gasteiger partial charge in [-0.25, -0.2) is 4.98 Å². The van der Waals surface area contributed by atoms with Crippen molar-refractivity contribution < 1.29 is 27.8 Å². The molecule has 35 heavy (non-hydrogen) atoms. The molecule has 10 heteroatoms. The van der Waals surface area contributed by atoms with E-state index in [-0.39, 0.29) is 36.0 Å². The van der Waals surface area contributed by atoms with Gasteiger partial charge in [0.2, 0.25) is 5.91 Å². The number of nitrogens with zero attached hydrogens (tertiary/aromatic N) is 2. The Morgan fingerprint density at radius 2 is 1.77 bits per heavy atom. The quantitative estimate of drug-likeness (QED) is 0.504. The standard InChI is InChI=1S/C25H26F3N3O4/c1-15(17-6-10-20(35-3)11-7-17)29-22(33)14-31-23(30-16(2)21(12-13-32)24(31)34)18-4-8-19(9-5-18)25(26,27)28/h4-11,15,32H,12-14H2,1-3H3,(H,29,33). The molecule has 1 unspecified atom stereocenters. The molecule has 2 aromatic carbocycles. The Morgan fingerprint density at radius 1 is 1.14 bits per heavy atom. The van der Waals surface area contributed by atoms with E-state index in [2.05, 4.69) is 10.3 Å². The zero-order valence-electron chi connectivity index (χ0n) is 19.5. The third-order valence-corrected chi connectivity index (χ3v) is 5.60. The van der Waals surface area contributed by atoms with Crippen LogP contribution in [0.1, 0.15) is 35.3 Å². The number of hydrogen-bond acceptors (Lipinski definition) is 5. The molecular weight excluding hydrogens is 463 g/mol. The lowest BCUT2D eigenvalue weighted by atomic mass is 10.1. The van der Waals surface area contributed by atoms with Crippen LogP contribution >= 0.6 is 0 Å². The topological polar surface area (TPSA) is 93.4 Å². The highest BCUT2D eigenvalue weighted by Crippen LogP contribution is 2.30. The van der Waals surface area contributed by atoms with E-state index >= 15 is 0 Å². The molecule has 186 valence electrons. The van der Waals surface area contributed by atoms with Gasteiger partial charge in [0.1, 0.15) is 18.1 Å². The average molecular weight is 489 g/mol. The maximum atomic E-state index is 13.2. The van der Waals surface area contributed by atoms with Crippen molar-refractivity contribution in [2.24, 2.45) is 0 Å². The SMILES string of the molecule is COc1ccc(C(C)NC(=O)Cn2c(-c3ccc(C(F)(F)F)cc3)nc(C)c(CCO)c2=O)cc1. The van der Waals surface area contributed by atoms with Gasteiger partial charge in [-0.1, -0.05) is 24.3 Å². The normalized spacial score (nSPS) is 12.3. The first-order valence-electron chi connectivity index (χ1n) is 10.9. The molecule has 0 saturated carbocycles. The lowest BCUT2D eigenvalue weighted by Crippen LogP contribution is -2.36. The number of carbonyl (C=O) groups excluding carboxylic acids is 1. The number of benzene rings is 2. The van der Waals surface area contributed by atoms with Crippen molar-refractivity contribution in [3.63, 3.8) is 0 Å². The number of hydrogen-bond donors (Lipinski definition) is 2. The number of aliphatic hydroxyl groups is 1. The highest BCUT2D eigenvalue weighted by molar-refractivity contribution is 5.77. The fraction of sp³-hybridized carbons (Fsp3) is 0.320. The number of halogens is 3. The van der Waals surface area contributed by atoms with E-state index in [0.717, 1.165) is 22.3 Å². The molecule has 0 bridgehead atoms. The number of alkyl halides is 3. The number of ether oxygens (including phenoxy) is 1. The van der Waals surface area contributed by atoms with E-state index < -0.39 is 29.8 Å². The second-order valence-electron chi connectivity index (χ2n) is 8.00. The Kier molecular flexibility index (Phi) is 7.96. The predicted octanol–water partition coefficient (Wildman–Crippen LogP) is 3.66. The van der Waals surface area contributed by atoms with Crippen LogP contribution in [0.3, 0.4) is 0 Å². The Balaban J connectivity index is 1.95. The molecule has 3 rings (SSSR count). The summed E-state index contributed by atoms with van der Waals surface area (Å²) in [7, 11) is 1.55. The van der Waals surface area contributed by atoms with Gasteiger partial charge in [-0.3, -0.25) is 14.2 Å². The summed E-state index contributed by atoms with van der Waals surface area (Å²) < 4.78 is 45.2. The summed E-state index contributed by atoms with van der Waals surface area (Å²) in [6.07, 6.45) is -4.47. The van der Waals surface area contributed by atoms with E-state index in [4.69, 9.17) is 4.74 Å². The molecule has 0 aliphatic carbocycles. The first-order valence-corrected chi connectivity index (χ1v) is 10.9. The number of amides is 1. The Hall–Kier alpha value is -3.66. The van der Waals surface area contributed by atoms with E-state index in [9.17, 15) is 27.9 Å². The first-order chi connectivity index (χ1) is 16.5. The lowest BCUT2D eigenvalue weighted by Gasteiger charge is -2.18. The molecule has 0 aliphatic heterocycles. The molecule has 1 atom stereocenters. The number of nitrogens with one attached hydrogen (secondary N) is 1. The van der Waals surface area contributed by atoms with Crippen molar-refractivity contribution in [3.8, 4) is 17.1 Å². The van der Waals surface area contributed by atoms with Crippen LogP contribution < -0.4 is 15.6 Å². The Bertz CT molecular complexity index is 1240. The van der Waals surface area contributed by atoms with Crippen LogP contribution in [0.15, 0.2) is 53.3 Å². The fourth-order valence-corrected chi connectivity index (χ4v) is 3.68. The van der Waals surface area contributed by atoms with Crippen LogP contribution in [0.4, 0.5) is 13.2 Å². The highest BCUT2D eigenvalue weighted by Gasteiger charge is 2.30. The molecule has 2 N–H and O–H groups in total. The van der Waals surface area contributed by atoms with Crippen molar-refractivity contribution in [1.29, 1.82) is 0 Å². The first kappa shape index (κ1) is 26.0. The molecule has 0 spiro atoms. The summed E-state index contributed by atoms with van der Waals surface area (Å²) in [5.41, 5.74) is 0.270. The second-order valence-corrected chi connectivity index (χ2v) is 8.00. The van der Waals surface area contributed by atoms with Crippen molar-refractivity contribution in [3.05, 3.63) is 81.3 Å². The molecule has 1 aromatic heterocycles. The highest BCUT2D eigenvalue weighted by atomic mass is 19.4. The van der Waals surface area contributed by atoms with E-state index in [1.165, 1.54) is 12.1 Å². The van der Waals surface area contributed by atoms with Gasteiger partial charge in [0.05, 0.1) is 18.7 Å². The lowest BCUT2D eigenvalue weighted by molar-refractivity contribution is -0.137. The summed E-state index contributed by atoms with van der Waals surface area (Å²) >= 11 is 0. The molecule has 3 aromatic rings. The van der Waals surface area contributed by atoms with Gasteiger partial charge in [0.15, 0.2) is 0 Å². The van der Waals surface area contributed by atoms with Crippen LogP contribution in [0.25, 0.3) is 11.4 Å². The Morgan fingerprint density at radius 3 is 2.31 bits per heavy atom. The number of aromatic nitrogens is 2. The number of aliphatic hydroxyl groups excluding tert-OH is 1.